The summed E-state index contributed by atoms with van der Waals surface area (Å²) in [5.74, 6) is -11.9. The van der Waals surface area contributed by atoms with Gasteiger partial charge < -0.3 is 29.4 Å². The normalized spacial score (nSPS) is 12.4. The van der Waals surface area contributed by atoms with Crippen LogP contribution in [0.15, 0.2) is 140 Å². The molecule has 0 amide bonds. The van der Waals surface area contributed by atoms with Gasteiger partial charge in [-0.3, -0.25) is 4.79 Å². The molecular weight excluding hydrogens is 979 g/mol. The van der Waals surface area contributed by atoms with Crippen LogP contribution in [0.1, 0.15) is 102 Å². The number of esters is 2. The number of hydrogen-bond acceptors (Lipinski definition) is 9. The molecule has 0 fully saturated rings. The molecule has 9 nitrogen and oxygen atoms in total. The number of allylic oxidation sites excluding steroid dienone is 2. The summed E-state index contributed by atoms with van der Waals surface area (Å²) in [6.07, 6.45) is 6.55. The van der Waals surface area contributed by atoms with Crippen molar-refractivity contribution in [3.63, 3.8) is 0 Å². The molecule has 5 aromatic rings. The molecule has 5 rings (SSSR count). The van der Waals surface area contributed by atoms with Gasteiger partial charge in [-0.05, 0) is 147 Å². The molecular formula is C57H59F8NO8. The van der Waals surface area contributed by atoms with Gasteiger partial charge in [0.15, 0.2) is 5.67 Å². The molecule has 0 radical (unpaired) electrons. The number of rotatable bonds is 26. The smallest absolute Gasteiger partial charge is 0.343 e. The Balaban J connectivity index is 0.000000345. The Bertz CT molecular complexity index is 2640. The first-order valence-electron chi connectivity index (χ1n) is 23.4. The lowest BCUT2D eigenvalue weighted by Gasteiger charge is -2.26. The van der Waals surface area contributed by atoms with E-state index in [1.54, 1.807) is 104 Å². The molecule has 5 aromatic carbocycles. The summed E-state index contributed by atoms with van der Waals surface area (Å²) >= 11 is 0. The molecule has 74 heavy (non-hydrogen) atoms. The molecule has 0 aliphatic rings. The van der Waals surface area contributed by atoms with Crippen molar-refractivity contribution in [1.82, 2.24) is 0 Å². The topological polar surface area (TPSA) is 123 Å². The zero-order chi connectivity index (χ0) is 54.5. The first-order valence-corrected chi connectivity index (χ1v) is 23.4. The number of ether oxygens (including phenoxy) is 5. The number of alkyl halides is 7. The minimum Gasteiger partial charge on any atom is -0.494 e. The molecule has 2 N–H and O–H groups in total. The van der Waals surface area contributed by atoms with Crippen LogP contribution in [0.3, 0.4) is 0 Å². The molecule has 0 spiro atoms. The Kier molecular flexibility index (Phi) is 22.2. The number of nitrogen functional groups attached to an aromatic ring is 1. The van der Waals surface area contributed by atoms with Crippen LogP contribution in [0.25, 0.3) is 12.2 Å². The predicted octanol–water partition coefficient (Wildman–Crippen LogP) is 14.3. The highest BCUT2D eigenvalue weighted by molar-refractivity contribution is 5.91. The van der Waals surface area contributed by atoms with Gasteiger partial charge in [0.05, 0.1) is 30.9 Å². The van der Waals surface area contributed by atoms with E-state index in [0.717, 1.165) is 36.1 Å². The first-order chi connectivity index (χ1) is 34.9. The fourth-order valence-corrected chi connectivity index (χ4v) is 6.74. The lowest BCUT2D eigenvalue weighted by Crippen LogP contribution is -2.38. The minimum absolute atomic E-state index is 0.166. The number of unbranched alkanes of at least 4 members (excludes halogenated alkanes) is 1. The molecule has 396 valence electrons. The van der Waals surface area contributed by atoms with E-state index in [1.165, 1.54) is 42.5 Å². The fraction of sp³-hybridized carbons (Fsp3) is 0.316. The number of benzene rings is 5. The maximum Gasteiger partial charge on any atom is 0.343 e. The SMILES string of the molecule is C=C(/C=C/c1ccc(OC(=O)c2ccc(CCCCC(F)(F)C(C)(C)F)cc2)cc1)OCC(COC)c1ccc(F)cc1N.CC(F)(F)C(F)(F)CCCOc1ccc(C(=O)Oc2ccc(/C=C/C=O)cc2)cc1. The van der Waals surface area contributed by atoms with Gasteiger partial charge in [0.2, 0.25) is 0 Å². The van der Waals surface area contributed by atoms with Crippen LogP contribution in [-0.2, 0) is 20.7 Å². The zero-order valence-corrected chi connectivity index (χ0v) is 41.4. The summed E-state index contributed by atoms with van der Waals surface area (Å²) in [7, 11) is 1.57. The summed E-state index contributed by atoms with van der Waals surface area (Å²) in [4.78, 5) is 35.1. The third-order valence-corrected chi connectivity index (χ3v) is 11.2. The Hall–Kier alpha value is -7.27. The average Bonchev–Trinajstić information content (AvgIpc) is 3.35. The van der Waals surface area contributed by atoms with Crippen molar-refractivity contribution in [3.8, 4) is 17.2 Å². The number of halogens is 8. The van der Waals surface area contributed by atoms with Crippen molar-refractivity contribution in [2.75, 3.05) is 32.7 Å². The molecule has 0 aromatic heterocycles. The Morgan fingerprint density at radius 3 is 1.70 bits per heavy atom. The number of carbonyl (C=O) groups is 3. The van der Waals surface area contributed by atoms with E-state index in [4.69, 9.17) is 29.4 Å². The maximum atomic E-state index is 13.8. The van der Waals surface area contributed by atoms with Gasteiger partial charge in [-0.25, -0.2) is 35.9 Å². The van der Waals surface area contributed by atoms with Crippen molar-refractivity contribution >= 4 is 36.1 Å². The number of carbonyl (C=O) groups excluding carboxylic acids is 3. The van der Waals surface area contributed by atoms with Crippen LogP contribution in [0.5, 0.6) is 17.2 Å². The molecule has 17 heteroatoms. The summed E-state index contributed by atoms with van der Waals surface area (Å²) in [5.41, 5.74) is 7.55. The molecule has 0 heterocycles. The molecule has 0 saturated heterocycles. The van der Waals surface area contributed by atoms with Gasteiger partial charge in [0.25, 0.3) is 5.92 Å². The van der Waals surface area contributed by atoms with E-state index in [1.807, 2.05) is 0 Å². The number of anilines is 1. The van der Waals surface area contributed by atoms with Crippen LogP contribution in [0.4, 0.5) is 40.8 Å². The second-order valence-corrected chi connectivity index (χ2v) is 17.6. The first kappa shape index (κ1) is 59.3. The number of hydrogen-bond donors (Lipinski definition) is 1. The monoisotopic (exact) mass is 1040 g/mol. The molecule has 1 atom stereocenters. The number of aldehydes is 1. The van der Waals surface area contributed by atoms with E-state index < -0.39 is 54.0 Å². The highest BCUT2D eigenvalue weighted by Gasteiger charge is 2.51. The van der Waals surface area contributed by atoms with Crippen molar-refractivity contribution in [2.24, 2.45) is 0 Å². The summed E-state index contributed by atoms with van der Waals surface area (Å²) < 4.78 is 133. The summed E-state index contributed by atoms with van der Waals surface area (Å²) in [5, 5.41) is 0. The van der Waals surface area contributed by atoms with E-state index in [-0.39, 0.29) is 44.5 Å². The van der Waals surface area contributed by atoms with Crippen LogP contribution < -0.4 is 19.9 Å². The Morgan fingerprint density at radius 2 is 1.19 bits per heavy atom. The fourth-order valence-electron chi connectivity index (χ4n) is 6.74. The number of nitrogens with two attached hydrogens (primary N) is 1. The Labute approximate surface area is 425 Å². The third kappa shape index (κ3) is 19.3. The second-order valence-electron chi connectivity index (χ2n) is 17.6. The zero-order valence-electron chi connectivity index (χ0n) is 41.4. The minimum atomic E-state index is -4.09. The molecule has 0 saturated carbocycles. The van der Waals surface area contributed by atoms with Crippen LogP contribution in [0.2, 0.25) is 0 Å². The summed E-state index contributed by atoms with van der Waals surface area (Å²) in [6.45, 7) is 6.29. The van der Waals surface area contributed by atoms with Crippen LogP contribution in [-0.4, -0.2) is 68.6 Å². The molecule has 0 aliphatic carbocycles. The van der Waals surface area contributed by atoms with Gasteiger partial charge in [0, 0.05) is 38.5 Å². The van der Waals surface area contributed by atoms with Gasteiger partial charge in [-0.2, -0.15) is 8.78 Å². The molecule has 0 aliphatic heterocycles. The maximum absolute atomic E-state index is 13.8. The van der Waals surface area contributed by atoms with Crippen LogP contribution >= 0.6 is 0 Å². The van der Waals surface area contributed by atoms with E-state index in [2.05, 4.69) is 6.58 Å². The quantitative estimate of drug-likeness (QED) is 0.00664. The third-order valence-electron chi connectivity index (χ3n) is 11.2. The molecule has 0 bridgehead atoms. The lowest BCUT2D eigenvalue weighted by atomic mass is 9.96. The van der Waals surface area contributed by atoms with Crippen molar-refractivity contribution < 1.29 is 73.2 Å². The highest BCUT2D eigenvalue weighted by atomic mass is 19.3. The van der Waals surface area contributed by atoms with Gasteiger partial charge in [-0.15, -0.1) is 0 Å². The van der Waals surface area contributed by atoms with Crippen molar-refractivity contribution in [2.45, 2.75) is 88.7 Å². The Morgan fingerprint density at radius 1 is 0.662 bits per heavy atom. The lowest BCUT2D eigenvalue weighted by molar-refractivity contribution is -0.201. The standard InChI is InChI=1S/C35H39F4NO4.C22H20F4O4/c1-24(43-23-28(22-42-4)31-19-16-29(36)21-32(31)40)8-9-26-12-17-30(18-13-26)44-33(41)27-14-10-25(11-15-27)7-5-6-20-35(38,39)34(2,3)37;1-21(23,24)22(25,26)13-3-15-29-18-11-7-17(8-12-18)20(28)30-19-9-5-16(6-10-19)4-2-14-27/h8-19,21,28H,1,5-7,20,22-23,40H2,2-4H3;2,4-12,14H,3,13,15H2,1H3/b9-8+;4-2+. The van der Waals surface area contributed by atoms with E-state index >= 15 is 0 Å². The predicted molar refractivity (Wildman–Crippen MR) is 268 cm³/mol. The van der Waals surface area contributed by atoms with Crippen LogP contribution in [0, 0.1) is 5.82 Å². The average molecular weight is 1040 g/mol. The van der Waals surface area contributed by atoms with Crippen molar-refractivity contribution in [3.05, 3.63) is 179 Å². The highest BCUT2D eigenvalue weighted by Crippen LogP contribution is 2.38. The molecule has 1 unspecified atom stereocenters. The van der Waals surface area contributed by atoms with Crippen molar-refractivity contribution in [1.29, 1.82) is 0 Å². The number of aryl methyl sites for hydroxylation is 1. The summed E-state index contributed by atoms with van der Waals surface area (Å²) in [6, 6.07) is 30.2. The van der Waals surface area contributed by atoms with Gasteiger partial charge >= 0.3 is 23.8 Å². The van der Waals surface area contributed by atoms with Gasteiger partial charge in [-0.1, -0.05) is 61.2 Å². The largest absolute Gasteiger partial charge is 0.494 e. The second kappa shape index (κ2) is 27.7. The van der Waals surface area contributed by atoms with E-state index in [0.29, 0.717) is 60.0 Å². The van der Waals surface area contributed by atoms with Gasteiger partial charge in [0.1, 0.15) is 35.1 Å². The number of methoxy groups -OCH3 is 1. The van der Waals surface area contributed by atoms with E-state index in [9.17, 15) is 49.5 Å².